The Balaban J connectivity index is 1.64. The molecule has 0 heterocycles. The topological polar surface area (TPSA) is 0 Å². The van der Waals surface area contributed by atoms with Crippen LogP contribution in [0.25, 0.3) is 75.8 Å². The SMILES string of the molecule is c1ccc2c(c1)c1ccccc1c1c(-c3cccc4c5ccccc5c5ccccc5c34)cccc21. The van der Waals surface area contributed by atoms with E-state index in [4.69, 9.17) is 0 Å². The summed E-state index contributed by atoms with van der Waals surface area (Å²) in [7, 11) is 0. The molecule has 0 heteroatoms. The maximum Gasteiger partial charge on any atom is -0.00201 e. The fourth-order valence-electron chi connectivity index (χ4n) is 6.36. The van der Waals surface area contributed by atoms with Gasteiger partial charge in [-0.1, -0.05) is 133 Å². The predicted octanol–water partition coefficient (Wildman–Crippen LogP) is 10.3. The van der Waals surface area contributed by atoms with Crippen LogP contribution in [0.5, 0.6) is 0 Å². The maximum absolute atomic E-state index is 2.31. The van der Waals surface area contributed by atoms with E-state index >= 15 is 0 Å². The van der Waals surface area contributed by atoms with Crippen molar-refractivity contribution in [3.05, 3.63) is 133 Å². The first-order chi connectivity index (χ1) is 17.9. The molecular weight excluding hydrogens is 432 g/mol. The van der Waals surface area contributed by atoms with Crippen LogP contribution in [0.3, 0.4) is 0 Å². The van der Waals surface area contributed by atoms with Crippen molar-refractivity contribution in [1.29, 1.82) is 0 Å². The van der Waals surface area contributed by atoms with Crippen LogP contribution in [0.2, 0.25) is 0 Å². The third-order valence-electron chi connectivity index (χ3n) is 7.83. The summed E-state index contributed by atoms with van der Waals surface area (Å²) in [4.78, 5) is 0. The molecule has 0 saturated heterocycles. The lowest BCUT2D eigenvalue weighted by molar-refractivity contribution is 1.72. The molecule has 0 bridgehead atoms. The van der Waals surface area contributed by atoms with Crippen molar-refractivity contribution in [1.82, 2.24) is 0 Å². The van der Waals surface area contributed by atoms with Crippen LogP contribution in [0.1, 0.15) is 0 Å². The maximum atomic E-state index is 2.31. The normalized spacial score (nSPS) is 11.9. The lowest BCUT2D eigenvalue weighted by Crippen LogP contribution is -1.90. The van der Waals surface area contributed by atoms with Gasteiger partial charge in [0.15, 0.2) is 0 Å². The second-order valence-electron chi connectivity index (χ2n) is 9.64. The molecule has 0 fully saturated rings. The second-order valence-corrected chi connectivity index (χ2v) is 9.64. The lowest BCUT2D eigenvalue weighted by atomic mass is 9.86. The first kappa shape index (κ1) is 19.6. The molecule has 0 amide bonds. The van der Waals surface area contributed by atoms with Gasteiger partial charge >= 0.3 is 0 Å². The Morgan fingerprint density at radius 3 is 0.722 bits per heavy atom. The molecule has 8 aromatic rings. The Morgan fingerprint density at radius 2 is 0.417 bits per heavy atom. The van der Waals surface area contributed by atoms with E-state index in [0.717, 1.165) is 0 Å². The predicted molar refractivity (Wildman–Crippen MR) is 157 cm³/mol. The van der Waals surface area contributed by atoms with Crippen molar-refractivity contribution in [2.75, 3.05) is 0 Å². The summed E-state index contributed by atoms with van der Waals surface area (Å²) in [6, 6.07) is 49.0. The minimum absolute atomic E-state index is 1.29. The zero-order valence-electron chi connectivity index (χ0n) is 19.7. The molecule has 0 saturated carbocycles. The van der Waals surface area contributed by atoms with Crippen molar-refractivity contribution in [3.8, 4) is 11.1 Å². The van der Waals surface area contributed by atoms with Crippen LogP contribution < -0.4 is 0 Å². The lowest BCUT2D eigenvalue weighted by Gasteiger charge is -2.17. The standard InChI is InChI=1S/C36H22/c1-3-13-27-23(11-1)25-15-5-7-17-29(25)35-31(27)19-9-21-33(35)34-22-10-20-32-28-14-4-2-12-24(28)26-16-6-8-18-30(26)36(32)34/h1-22H. The summed E-state index contributed by atoms with van der Waals surface area (Å²) in [5, 5.41) is 15.8. The molecule has 0 radical (unpaired) electrons. The summed E-state index contributed by atoms with van der Waals surface area (Å²) < 4.78 is 0. The average molecular weight is 455 g/mol. The molecule has 0 aliphatic rings. The largest absolute Gasteiger partial charge is 0.0616 e. The number of hydrogen-bond donors (Lipinski definition) is 0. The van der Waals surface area contributed by atoms with Crippen LogP contribution in [0.15, 0.2) is 133 Å². The molecule has 0 aliphatic carbocycles. The van der Waals surface area contributed by atoms with Gasteiger partial charge in [0.25, 0.3) is 0 Å². The highest BCUT2D eigenvalue weighted by molar-refractivity contribution is 6.32. The molecule has 0 N–H and O–H groups in total. The Hall–Kier alpha value is -4.68. The highest BCUT2D eigenvalue weighted by Crippen LogP contribution is 2.44. The Kier molecular flexibility index (Phi) is 4.03. The minimum Gasteiger partial charge on any atom is -0.0616 e. The molecular formula is C36H22. The van der Waals surface area contributed by atoms with Crippen molar-refractivity contribution in [2.24, 2.45) is 0 Å². The van der Waals surface area contributed by atoms with Gasteiger partial charge in [0, 0.05) is 0 Å². The van der Waals surface area contributed by atoms with Gasteiger partial charge in [-0.15, -0.1) is 0 Å². The first-order valence-electron chi connectivity index (χ1n) is 12.5. The number of hydrogen-bond acceptors (Lipinski definition) is 0. The third-order valence-corrected chi connectivity index (χ3v) is 7.83. The van der Waals surface area contributed by atoms with Gasteiger partial charge in [-0.2, -0.15) is 0 Å². The molecule has 0 atom stereocenters. The highest BCUT2D eigenvalue weighted by atomic mass is 14.2. The van der Waals surface area contributed by atoms with Crippen molar-refractivity contribution in [3.63, 3.8) is 0 Å². The van der Waals surface area contributed by atoms with Crippen LogP contribution in [-0.4, -0.2) is 0 Å². The Bertz CT molecular complexity index is 1900. The summed E-state index contributed by atoms with van der Waals surface area (Å²) in [6.07, 6.45) is 0. The minimum atomic E-state index is 1.29. The smallest absolute Gasteiger partial charge is 0.00201 e. The molecule has 0 spiro atoms. The van der Waals surface area contributed by atoms with Crippen LogP contribution in [0, 0.1) is 0 Å². The van der Waals surface area contributed by atoms with Crippen molar-refractivity contribution >= 4 is 64.6 Å². The van der Waals surface area contributed by atoms with Crippen LogP contribution >= 0.6 is 0 Å². The number of fused-ring (bicyclic) bond motifs is 12. The third kappa shape index (κ3) is 2.59. The Morgan fingerprint density at radius 1 is 0.194 bits per heavy atom. The van der Waals surface area contributed by atoms with Gasteiger partial charge in [-0.25, -0.2) is 0 Å². The molecule has 0 aliphatic heterocycles. The second kappa shape index (κ2) is 7.41. The molecule has 8 rings (SSSR count). The monoisotopic (exact) mass is 454 g/mol. The molecule has 0 nitrogen and oxygen atoms in total. The average Bonchev–Trinajstić information content (AvgIpc) is 2.97. The van der Waals surface area contributed by atoms with Gasteiger partial charge in [-0.3, -0.25) is 0 Å². The van der Waals surface area contributed by atoms with E-state index in [2.05, 4.69) is 133 Å². The fraction of sp³-hybridized carbons (Fsp3) is 0. The highest BCUT2D eigenvalue weighted by Gasteiger charge is 2.16. The van der Waals surface area contributed by atoms with Crippen molar-refractivity contribution in [2.45, 2.75) is 0 Å². The number of rotatable bonds is 1. The van der Waals surface area contributed by atoms with Crippen LogP contribution in [-0.2, 0) is 0 Å². The molecule has 8 aromatic carbocycles. The summed E-state index contributed by atoms with van der Waals surface area (Å²) >= 11 is 0. The van der Waals surface area contributed by atoms with Gasteiger partial charge in [0.2, 0.25) is 0 Å². The van der Waals surface area contributed by atoms with Crippen LogP contribution in [0.4, 0.5) is 0 Å². The van der Waals surface area contributed by atoms with E-state index in [9.17, 15) is 0 Å². The Labute approximate surface area is 209 Å². The van der Waals surface area contributed by atoms with E-state index in [1.54, 1.807) is 0 Å². The van der Waals surface area contributed by atoms with Crippen molar-refractivity contribution < 1.29 is 0 Å². The molecule has 0 unspecified atom stereocenters. The molecule has 0 aromatic heterocycles. The van der Waals surface area contributed by atoms with E-state index in [0.29, 0.717) is 0 Å². The van der Waals surface area contributed by atoms with E-state index in [1.807, 2.05) is 0 Å². The fourth-order valence-corrected chi connectivity index (χ4v) is 6.36. The summed E-state index contributed by atoms with van der Waals surface area (Å²) in [5.74, 6) is 0. The number of benzene rings is 8. The molecule has 166 valence electrons. The zero-order chi connectivity index (χ0) is 23.6. The van der Waals surface area contributed by atoms with E-state index < -0.39 is 0 Å². The molecule has 36 heavy (non-hydrogen) atoms. The summed E-state index contributed by atoms with van der Waals surface area (Å²) in [5.41, 5.74) is 2.58. The van der Waals surface area contributed by atoms with Gasteiger partial charge in [0.05, 0.1) is 0 Å². The van der Waals surface area contributed by atoms with Gasteiger partial charge < -0.3 is 0 Å². The van der Waals surface area contributed by atoms with Gasteiger partial charge in [0.1, 0.15) is 0 Å². The first-order valence-corrected chi connectivity index (χ1v) is 12.5. The quantitative estimate of drug-likeness (QED) is 0.216. The van der Waals surface area contributed by atoms with E-state index in [1.165, 1.54) is 75.8 Å². The zero-order valence-corrected chi connectivity index (χ0v) is 19.7. The summed E-state index contributed by atoms with van der Waals surface area (Å²) in [6.45, 7) is 0. The van der Waals surface area contributed by atoms with E-state index in [-0.39, 0.29) is 0 Å². The van der Waals surface area contributed by atoms with Gasteiger partial charge in [-0.05, 0) is 75.8 Å².